The van der Waals surface area contributed by atoms with Crippen LogP contribution in [-0.2, 0) is 29.6 Å². The molecule has 84 heteroatoms. The Morgan fingerprint density at radius 2 is 0.546 bits per heavy atom. The van der Waals surface area contributed by atoms with Crippen molar-refractivity contribution in [2.75, 3.05) is 25.6 Å². The van der Waals surface area contributed by atoms with Crippen LogP contribution < -0.4 is 9.44 Å². The van der Waals surface area contributed by atoms with Crippen molar-refractivity contribution in [1.29, 1.82) is 0 Å². The Hall–Kier alpha value is -9.01. The number of aromatic amines is 1. The molecule has 0 radical (unpaired) electrons. The number of H-pyrrole nitrogens is 1. The van der Waals surface area contributed by atoms with Gasteiger partial charge in [-0.15, -0.1) is 0 Å². The second-order valence-corrected chi connectivity index (χ2v) is 17.0. The van der Waals surface area contributed by atoms with Gasteiger partial charge in [0, 0.05) is 342 Å². The van der Waals surface area contributed by atoms with Gasteiger partial charge in [-0.3, -0.25) is 19.3 Å². The van der Waals surface area contributed by atoms with Gasteiger partial charge in [-0.1, -0.05) is 48.5 Å². The van der Waals surface area contributed by atoms with Crippen LogP contribution in [0.15, 0.2) is 65.9 Å². The zero-order valence-corrected chi connectivity index (χ0v) is 56.3. The second-order valence-electron chi connectivity index (χ2n) is 13.4. The lowest BCUT2D eigenvalue weighted by Gasteiger charge is -2.28. The van der Waals surface area contributed by atoms with Crippen LogP contribution in [0.2, 0.25) is 0 Å². The number of hydrogen-bond acceptors (Lipinski definition) is 8. The fraction of sp³-hybridized carbons (Fsp3) is 0.429. The van der Waals surface area contributed by atoms with Gasteiger partial charge in [-0.25, -0.2) is 31.3 Å². The van der Waals surface area contributed by atoms with Crippen molar-refractivity contribution in [2.45, 2.75) is 70.1 Å². The molecule has 2 aromatic carbocycles. The van der Waals surface area contributed by atoms with Crippen molar-refractivity contribution in [3.63, 3.8) is 0 Å². The van der Waals surface area contributed by atoms with E-state index in [-0.39, 0.29) is 28.6 Å². The molecule has 13 nitrogen and oxygen atoms in total. The average molecular weight is 2030 g/mol. The van der Waals surface area contributed by atoms with Gasteiger partial charge in [-0.2, -0.15) is 0 Å². The summed E-state index contributed by atoms with van der Waals surface area (Å²) in [6, 6.07) is 14.4. The quantitative estimate of drug-likeness (QED) is 0.160. The van der Waals surface area contributed by atoms with E-state index < -0.39 is 32.1 Å². The summed E-state index contributed by atoms with van der Waals surface area (Å²) in [6.45, 7) is 4.25. The first-order valence-corrected chi connectivity index (χ1v) is 25.4. The average Bonchev–Trinajstić information content (AvgIpc) is 1.67. The predicted molar refractivity (Wildman–Crippen MR) is 271 cm³/mol. The van der Waals surface area contributed by atoms with Crippen LogP contribution in [0.5, 0.6) is 0 Å². The third kappa shape index (κ3) is 138. The van der Waals surface area contributed by atoms with Crippen LogP contribution in [0.4, 0.5) is 316 Å². The van der Waals surface area contributed by atoms with Crippen LogP contribution in [0, 0.1) is 0 Å². The van der Waals surface area contributed by atoms with E-state index in [1.165, 1.54) is 0 Å². The molecule has 6 rings (SSSR count). The Balaban J connectivity index is -0.0000000346. The van der Waals surface area contributed by atoms with Gasteiger partial charge in [-0.05, 0) is 67.4 Å². The van der Waals surface area contributed by atoms with Crippen LogP contribution in [0.1, 0.15) is 63.4 Å². The molecule has 3 aliphatic rings. The summed E-state index contributed by atoms with van der Waals surface area (Å²) < 4.78 is 595. The molecule has 0 spiro atoms. The highest BCUT2D eigenvalue weighted by Crippen LogP contribution is 2.34. The maximum Gasteiger partial charge on any atom is 0.241 e. The number of imidazole rings is 1. The minimum Gasteiger partial charge on any atom is -0.340 e. The summed E-state index contributed by atoms with van der Waals surface area (Å²) in [5.74, 6) is 0.170. The predicted octanol–water partition coefficient (Wildman–Crippen LogP) is 32.2. The number of carbonyl (C=O) groups is 2. The third-order valence-corrected chi connectivity index (χ3v) is 11.0. The molecule has 119 heavy (non-hydrogen) atoms. The van der Waals surface area contributed by atoms with Gasteiger partial charge in [0.25, 0.3) is 0 Å². The molecule has 4 atom stereocenters. The maximum atomic E-state index is 13.1. The van der Waals surface area contributed by atoms with Gasteiger partial charge in [0.2, 0.25) is 31.9 Å². The van der Waals surface area contributed by atoms with Gasteiger partial charge in [0.05, 0.1) is 48.6 Å². The summed E-state index contributed by atoms with van der Waals surface area (Å²) in [5.41, 5.74) is 6.94. The summed E-state index contributed by atoms with van der Waals surface area (Å²) in [7, 11) is -7.01. The van der Waals surface area contributed by atoms with E-state index in [4.69, 9.17) is 316 Å². The number of carbonyl (C=O) groups excluding carboxylic acids is 2. The number of halogens is 69. The van der Waals surface area contributed by atoms with E-state index in [1.54, 1.807) is 29.8 Å². The number of aromatic nitrogens is 2. The lowest BCUT2D eigenvalue weighted by atomic mass is 9.96. The highest BCUT2D eigenvalue weighted by atomic mass is 32.2. The molecule has 2 amide bonds. The fourth-order valence-corrected chi connectivity index (χ4v) is 8.62. The Bertz CT molecular complexity index is 2160. The number of aliphatic imine (C=N–C) groups is 1. The molecule has 3 aromatic rings. The van der Waals surface area contributed by atoms with Gasteiger partial charge >= 0.3 is 0 Å². The molecule has 3 aliphatic heterocycles. The number of sulfonamides is 2. The number of nitrogens with one attached hydrogen (secondary N) is 3. The lowest BCUT2D eigenvalue weighted by Crippen LogP contribution is -2.50. The van der Waals surface area contributed by atoms with Crippen molar-refractivity contribution < 1.29 is 342 Å². The molecule has 1 aromatic heterocycles. The van der Waals surface area contributed by atoms with Crippen LogP contribution in [-0.4, -0.2) is 97.9 Å². The van der Waals surface area contributed by atoms with E-state index in [0.717, 1.165) is 77.4 Å². The zero-order valence-electron chi connectivity index (χ0n) is 54.7. The summed E-state index contributed by atoms with van der Waals surface area (Å²) >= 11 is 0. The monoisotopic (exact) mass is 2030 g/mol. The SMILES string of the molecule is C[C@H](NS(C)(=O)=O)C(=O)N1CCCC1c1ncc(-c2ccc(-c3ccc(C4=CN=C([C@@H]5CCCN5C(=O)[C@H](C)NS(C)(=O)=O)C4)cc3)cc2)[nH]1.F.FF.FF.FF.FF.FF.FF.FF.FF.FF.FF.FF.FF.FF.FF.FF.FF.FF.FF.FF.FF.FF.FF.FF.FF.FF.FF.FF.FF.FF.FF.FF.FF.FF.FF. The molecule has 4 heterocycles. The van der Waals surface area contributed by atoms with E-state index in [0.29, 0.717) is 25.3 Å². The number of nitrogens with zero attached hydrogens (tertiary/aromatic N) is 4. The van der Waals surface area contributed by atoms with Crippen LogP contribution in [0.3, 0.4) is 0 Å². The van der Waals surface area contributed by atoms with Gasteiger partial charge in [0.15, 0.2) is 0 Å². The smallest absolute Gasteiger partial charge is 0.241 e. The largest absolute Gasteiger partial charge is 0.340 e. The molecule has 2 fully saturated rings. The van der Waals surface area contributed by atoms with E-state index in [1.807, 2.05) is 18.3 Å². The molecule has 2 saturated heterocycles. The topological polar surface area (TPSA) is 174 Å². The Morgan fingerprint density at radius 1 is 0.345 bits per heavy atom. The number of rotatable bonds is 11. The normalized spacial score (nSPS) is 10.5. The molecular weight excluding hydrogens is 1990 g/mol. The molecule has 0 bridgehead atoms. The summed E-state index contributed by atoms with van der Waals surface area (Å²) in [4.78, 5) is 42.2. The zero-order chi connectivity index (χ0) is 104. The van der Waals surface area contributed by atoms with E-state index in [2.05, 4.69) is 55.8 Å². The van der Waals surface area contributed by atoms with Crippen LogP contribution >= 0.6 is 0 Å². The number of allylic oxidation sites excluding steroid dienone is 1. The molecule has 0 aliphatic carbocycles. The number of amides is 2. The molecular formula is C35H44F69N7O6S2. The minimum atomic E-state index is -3.51. The lowest BCUT2D eigenvalue weighted by molar-refractivity contribution is -0.134. The molecule has 750 valence electrons. The van der Waals surface area contributed by atoms with Crippen molar-refractivity contribution >= 4 is 43.1 Å². The van der Waals surface area contributed by atoms with Gasteiger partial charge < -0.3 is 14.8 Å². The Labute approximate surface area is 610 Å². The Kier molecular flexibility index (Phi) is 409. The van der Waals surface area contributed by atoms with Crippen molar-refractivity contribution in [3.05, 3.63) is 72.3 Å². The highest BCUT2D eigenvalue weighted by Gasteiger charge is 2.37. The Morgan fingerprint density at radius 3 is 0.773 bits per heavy atom. The van der Waals surface area contributed by atoms with Gasteiger partial charge in [0.1, 0.15) is 5.82 Å². The molecule has 1 unspecified atom stereocenters. The van der Waals surface area contributed by atoms with E-state index in [9.17, 15) is 26.4 Å². The first kappa shape index (κ1) is 204. The first-order valence-electron chi connectivity index (χ1n) is 21.6. The fourth-order valence-electron chi connectivity index (χ4n) is 7.13. The first-order chi connectivity index (χ1) is 57.7. The molecule has 3 N–H and O–H groups in total. The van der Waals surface area contributed by atoms with Crippen LogP contribution in [0.25, 0.3) is 28.0 Å². The summed E-state index contributed by atoms with van der Waals surface area (Å²) in [6.07, 6.45) is 9.55. The number of likely N-dealkylation sites (tertiary alicyclic amines) is 2. The maximum absolute atomic E-state index is 13.1. The minimum absolute atomic E-state index is 0. The number of hydrogen-bond donors (Lipinski definition) is 3. The molecule has 0 saturated carbocycles. The van der Waals surface area contributed by atoms with Crippen molar-refractivity contribution in [3.8, 4) is 22.4 Å². The second kappa shape index (κ2) is 239. The number of benzene rings is 2. The van der Waals surface area contributed by atoms with E-state index >= 15 is 0 Å². The standard InChI is InChI=1S/C35H43N7O6S2.34F2.FH/c1-22(39-49(3,45)46)34(43)41-17-5-7-31(41)29-19-28(20-36-29)26-11-9-24(10-12-26)25-13-15-27(16-14-25)30-21-37-33(38-30)32-8-6-18-42(32)35(44)23(2)40-50(4,47)48;34*1-2;/h9-16,20-23,31-32,39-40H,5-8,17-19H2,1-4H3,(H,37,38);;;;;;;;;;;;;;;;;;;;;;;;;;;;;;;;;;;1H/t22-,23-,31-,32?;;;;;;;;;;;;;;;;;;;;;;;;;;;;;;;;;;;/m0.................................../s1. The third-order valence-electron chi connectivity index (χ3n) is 9.43. The highest BCUT2D eigenvalue weighted by molar-refractivity contribution is 7.89. The summed E-state index contributed by atoms with van der Waals surface area (Å²) in [5, 5.41) is 0. The van der Waals surface area contributed by atoms with Crippen molar-refractivity contribution in [2.24, 2.45) is 4.99 Å². The van der Waals surface area contributed by atoms with Crippen molar-refractivity contribution in [1.82, 2.24) is 29.2 Å².